The summed E-state index contributed by atoms with van der Waals surface area (Å²) in [6.45, 7) is 1.06. The molecule has 0 radical (unpaired) electrons. The number of aromatic amines is 1. The van der Waals surface area contributed by atoms with Gasteiger partial charge in [0.1, 0.15) is 18.9 Å². The zero-order chi connectivity index (χ0) is 25.8. The van der Waals surface area contributed by atoms with Gasteiger partial charge in [-0.2, -0.15) is 4.68 Å². The van der Waals surface area contributed by atoms with Gasteiger partial charge in [-0.25, -0.2) is 9.37 Å². The lowest BCUT2D eigenvalue weighted by molar-refractivity contribution is -0.129. The van der Waals surface area contributed by atoms with Gasteiger partial charge in [-0.1, -0.05) is 17.7 Å². The molecule has 38 heavy (non-hydrogen) atoms. The molecule has 1 saturated heterocycles. The number of halogens is 2. The lowest BCUT2D eigenvalue weighted by Gasteiger charge is -2.33. The number of carbonyl (C=O) groups excluding carboxylic acids is 1. The molecule has 4 aromatic rings. The summed E-state index contributed by atoms with van der Waals surface area (Å²) in [5, 5.41) is 14.4. The first-order valence-electron chi connectivity index (χ1n) is 12.3. The standard InChI is InChI=1S/C26H22ClFN8O2/c27-18-3-6-21(35-12-31-33-34-35)24(25(18)28)15-8-17-2-5-22(36(17)23(37)9-15)26-29-10-20(32-26)14-1-4-19-16(7-14)11-38-13-30-19/h1,3-4,6-7,9-10,12,17,22,30H,2,5,8,11,13H2,(H,29,32)/t17-,22-/m0/s1. The fourth-order valence-electron chi connectivity index (χ4n) is 5.70. The SMILES string of the molecule is O=C1C=C(c2c(-n3cnnn3)ccc(Cl)c2F)C[C@@H]2CC[C@@H](c3ncc(-c4ccc5c(c4)COCN5)[nH]3)N12. The molecule has 1 amide bonds. The molecular weight excluding hydrogens is 511 g/mol. The number of hydrogen-bond acceptors (Lipinski definition) is 7. The molecule has 2 N–H and O–H groups in total. The Bertz CT molecular complexity index is 1580. The number of nitrogens with one attached hydrogen (secondary N) is 2. The second-order valence-corrected chi connectivity index (χ2v) is 10.0. The van der Waals surface area contributed by atoms with Crippen LogP contribution < -0.4 is 5.32 Å². The summed E-state index contributed by atoms with van der Waals surface area (Å²) in [7, 11) is 0. The summed E-state index contributed by atoms with van der Waals surface area (Å²) in [6.07, 6.45) is 6.70. The van der Waals surface area contributed by atoms with Crippen LogP contribution in [-0.2, 0) is 16.1 Å². The Morgan fingerprint density at radius 2 is 2.11 bits per heavy atom. The number of benzene rings is 2. The smallest absolute Gasteiger partial charge is 0.247 e. The van der Waals surface area contributed by atoms with Crippen molar-refractivity contribution in [3.8, 4) is 16.9 Å². The van der Waals surface area contributed by atoms with E-state index in [2.05, 4.69) is 36.9 Å². The molecule has 0 unspecified atom stereocenters. The monoisotopic (exact) mass is 532 g/mol. The Hall–Kier alpha value is -4.09. The predicted molar refractivity (Wildman–Crippen MR) is 137 cm³/mol. The van der Waals surface area contributed by atoms with E-state index < -0.39 is 5.82 Å². The number of ether oxygens (including phenoxy) is 1. The molecule has 0 saturated carbocycles. The Morgan fingerprint density at radius 1 is 1.18 bits per heavy atom. The average Bonchev–Trinajstić information content (AvgIpc) is 3.70. The number of rotatable bonds is 4. The van der Waals surface area contributed by atoms with Crippen molar-refractivity contribution in [2.75, 3.05) is 12.0 Å². The van der Waals surface area contributed by atoms with Crippen LogP contribution in [0.25, 0.3) is 22.5 Å². The Morgan fingerprint density at radius 3 is 2.97 bits per heavy atom. The van der Waals surface area contributed by atoms with E-state index in [1.165, 1.54) is 23.2 Å². The molecule has 2 aromatic heterocycles. The number of nitrogens with zero attached hydrogens (tertiary/aromatic N) is 6. The maximum atomic E-state index is 15.3. The van der Waals surface area contributed by atoms with Crippen LogP contribution in [0.1, 0.15) is 42.3 Å². The summed E-state index contributed by atoms with van der Waals surface area (Å²) in [6, 6.07) is 8.99. The first-order valence-corrected chi connectivity index (χ1v) is 12.7. The van der Waals surface area contributed by atoms with Crippen molar-refractivity contribution in [3.05, 3.63) is 76.7 Å². The van der Waals surface area contributed by atoms with Gasteiger partial charge in [0, 0.05) is 34.5 Å². The molecular formula is C26H22ClFN8O2. The molecule has 192 valence electrons. The van der Waals surface area contributed by atoms with Gasteiger partial charge in [0.25, 0.3) is 0 Å². The molecule has 2 aromatic carbocycles. The fourth-order valence-corrected chi connectivity index (χ4v) is 5.86. The number of H-pyrrole nitrogens is 1. The van der Waals surface area contributed by atoms with E-state index in [1.54, 1.807) is 12.3 Å². The maximum absolute atomic E-state index is 15.3. The number of carbonyl (C=O) groups is 1. The Balaban J connectivity index is 1.19. The normalized spacial score (nSPS) is 20.6. The zero-order valence-corrected chi connectivity index (χ0v) is 20.8. The van der Waals surface area contributed by atoms with E-state index in [4.69, 9.17) is 16.3 Å². The van der Waals surface area contributed by atoms with E-state index in [9.17, 15) is 4.79 Å². The van der Waals surface area contributed by atoms with Crippen molar-refractivity contribution >= 4 is 28.8 Å². The maximum Gasteiger partial charge on any atom is 0.247 e. The highest BCUT2D eigenvalue weighted by molar-refractivity contribution is 6.31. The first-order chi connectivity index (χ1) is 18.6. The van der Waals surface area contributed by atoms with Crippen LogP contribution in [-0.4, -0.2) is 53.8 Å². The number of imidazole rings is 1. The van der Waals surface area contributed by atoms with Crippen molar-refractivity contribution < 1.29 is 13.9 Å². The highest BCUT2D eigenvalue weighted by Gasteiger charge is 2.42. The highest BCUT2D eigenvalue weighted by atomic mass is 35.5. The summed E-state index contributed by atoms with van der Waals surface area (Å²) in [4.78, 5) is 23.4. The number of amides is 1. The van der Waals surface area contributed by atoms with E-state index in [1.807, 2.05) is 17.0 Å². The fraction of sp³-hybridized carbons (Fsp3) is 0.269. The molecule has 12 heteroatoms. The third kappa shape index (κ3) is 3.77. The van der Waals surface area contributed by atoms with E-state index in [0.29, 0.717) is 31.0 Å². The molecule has 7 rings (SSSR count). The number of hydrogen-bond donors (Lipinski definition) is 2. The summed E-state index contributed by atoms with van der Waals surface area (Å²) < 4.78 is 22.2. The van der Waals surface area contributed by atoms with Crippen LogP contribution in [0.4, 0.5) is 10.1 Å². The highest BCUT2D eigenvalue weighted by Crippen LogP contribution is 2.44. The molecule has 10 nitrogen and oxygen atoms in total. The Labute approximate surface area is 221 Å². The number of aromatic nitrogens is 6. The third-order valence-corrected chi connectivity index (χ3v) is 7.74. The average molecular weight is 533 g/mol. The van der Waals surface area contributed by atoms with Crippen LogP contribution in [0.15, 0.2) is 48.9 Å². The van der Waals surface area contributed by atoms with Crippen molar-refractivity contribution in [2.24, 2.45) is 0 Å². The number of anilines is 1. The van der Waals surface area contributed by atoms with Crippen molar-refractivity contribution in [1.82, 2.24) is 35.1 Å². The van der Waals surface area contributed by atoms with Crippen molar-refractivity contribution in [2.45, 2.75) is 38.0 Å². The van der Waals surface area contributed by atoms with Gasteiger partial charge in [0.2, 0.25) is 5.91 Å². The van der Waals surface area contributed by atoms with E-state index >= 15 is 4.39 Å². The second kappa shape index (κ2) is 9.03. The van der Waals surface area contributed by atoms with Gasteiger partial charge in [-0.05, 0) is 59.5 Å². The quantitative estimate of drug-likeness (QED) is 0.403. The zero-order valence-electron chi connectivity index (χ0n) is 20.1. The Kier molecular flexibility index (Phi) is 5.48. The van der Waals surface area contributed by atoms with E-state index in [-0.39, 0.29) is 28.6 Å². The van der Waals surface area contributed by atoms with Crippen LogP contribution in [0, 0.1) is 5.82 Å². The van der Waals surface area contributed by atoms with Gasteiger partial charge < -0.3 is 19.9 Å². The van der Waals surface area contributed by atoms with Crippen LogP contribution >= 0.6 is 11.6 Å². The van der Waals surface area contributed by atoms with Gasteiger partial charge in [-0.15, -0.1) is 5.10 Å². The summed E-state index contributed by atoms with van der Waals surface area (Å²) in [5.74, 6) is -0.0399. The van der Waals surface area contributed by atoms with Gasteiger partial charge in [0.05, 0.1) is 35.2 Å². The third-order valence-electron chi connectivity index (χ3n) is 7.45. The first kappa shape index (κ1) is 23.1. The van der Waals surface area contributed by atoms with Gasteiger partial charge in [-0.3, -0.25) is 4.79 Å². The molecule has 2 atom stereocenters. The minimum absolute atomic E-state index is 0.0236. The topological polar surface area (TPSA) is 114 Å². The summed E-state index contributed by atoms with van der Waals surface area (Å²) in [5.41, 5.74) is 5.29. The minimum Gasteiger partial charge on any atom is -0.362 e. The van der Waals surface area contributed by atoms with Crippen molar-refractivity contribution in [1.29, 1.82) is 0 Å². The van der Waals surface area contributed by atoms with Crippen LogP contribution in [0.2, 0.25) is 5.02 Å². The lowest BCUT2D eigenvalue weighted by Crippen LogP contribution is -2.39. The molecule has 1 fully saturated rings. The lowest BCUT2D eigenvalue weighted by atomic mass is 9.92. The number of tetrazole rings is 1. The second-order valence-electron chi connectivity index (χ2n) is 9.60. The van der Waals surface area contributed by atoms with Crippen LogP contribution in [0.3, 0.4) is 0 Å². The molecule has 0 aliphatic carbocycles. The largest absolute Gasteiger partial charge is 0.362 e. The molecule has 0 spiro atoms. The van der Waals surface area contributed by atoms with Crippen LogP contribution in [0.5, 0.6) is 0 Å². The summed E-state index contributed by atoms with van der Waals surface area (Å²) >= 11 is 6.13. The van der Waals surface area contributed by atoms with Gasteiger partial charge >= 0.3 is 0 Å². The molecule has 3 aliphatic heterocycles. The number of fused-ring (bicyclic) bond motifs is 2. The molecule has 3 aliphatic rings. The van der Waals surface area contributed by atoms with Gasteiger partial charge in [0.15, 0.2) is 5.82 Å². The molecule has 5 heterocycles. The predicted octanol–water partition coefficient (Wildman–Crippen LogP) is 4.26. The molecule has 0 bridgehead atoms. The van der Waals surface area contributed by atoms with E-state index in [0.717, 1.165) is 41.2 Å². The van der Waals surface area contributed by atoms with Crippen molar-refractivity contribution in [3.63, 3.8) is 0 Å². The minimum atomic E-state index is -0.594.